The van der Waals surface area contributed by atoms with Gasteiger partial charge in [0.1, 0.15) is 11.5 Å². The van der Waals surface area contributed by atoms with E-state index in [1.54, 1.807) is 31.4 Å². The Morgan fingerprint density at radius 1 is 1.00 bits per heavy atom. The van der Waals surface area contributed by atoms with Gasteiger partial charge in [-0.15, -0.1) is 0 Å². The maximum atomic E-state index is 12.4. The van der Waals surface area contributed by atoms with E-state index < -0.39 is 12.7 Å². The fourth-order valence-electron chi connectivity index (χ4n) is 2.15. The van der Waals surface area contributed by atoms with Crippen molar-refractivity contribution in [3.05, 3.63) is 59.7 Å². The van der Waals surface area contributed by atoms with Crippen molar-refractivity contribution in [2.75, 3.05) is 7.11 Å². The molecule has 0 fully saturated rings. The number of hydrogen-bond donors (Lipinski definition) is 1. The lowest BCUT2D eigenvalue weighted by molar-refractivity contribution is -0.0515. The zero-order chi connectivity index (χ0) is 15.2. The Morgan fingerprint density at radius 2 is 1.62 bits per heavy atom. The van der Waals surface area contributed by atoms with Gasteiger partial charge in [-0.3, -0.25) is 0 Å². The summed E-state index contributed by atoms with van der Waals surface area (Å²) in [4.78, 5) is 0. The Morgan fingerprint density at radius 3 is 2.29 bits per heavy atom. The van der Waals surface area contributed by atoms with Gasteiger partial charge in [-0.05, 0) is 17.7 Å². The van der Waals surface area contributed by atoms with Crippen LogP contribution in [0.15, 0.2) is 48.5 Å². The maximum absolute atomic E-state index is 12.4. The van der Waals surface area contributed by atoms with Gasteiger partial charge >= 0.3 is 6.61 Å². The van der Waals surface area contributed by atoms with E-state index in [0.717, 1.165) is 5.56 Å². The van der Waals surface area contributed by atoms with Crippen LogP contribution in [0.4, 0.5) is 8.78 Å². The van der Waals surface area contributed by atoms with Gasteiger partial charge in [0.15, 0.2) is 0 Å². The lowest BCUT2D eigenvalue weighted by Crippen LogP contribution is -2.09. The molecule has 5 heteroatoms. The molecule has 1 atom stereocenters. The maximum Gasteiger partial charge on any atom is 0.387 e. The second kappa shape index (κ2) is 7.04. The molecule has 3 nitrogen and oxygen atoms in total. The van der Waals surface area contributed by atoms with E-state index in [1.165, 1.54) is 6.07 Å². The van der Waals surface area contributed by atoms with E-state index in [-0.39, 0.29) is 12.2 Å². The summed E-state index contributed by atoms with van der Waals surface area (Å²) in [7, 11) is 1.54. The number of rotatable bonds is 6. The van der Waals surface area contributed by atoms with Gasteiger partial charge in [-0.2, -0.15) is 8.78 Å². The first kappa shape index (κ1) is 15.3. The Labute approximate surface area is 121 Å². The van der Waals surface area contributed by atoms with E-state index in [2.05, 4.69) is 4.74 Å². The molecule has 0 spiro atoms. The minimum atomic E-state index is -2.93. The molecule has 21 heavy (non-hydrogen) atoms. The summed E-state index contributed by atoms with van der Waals surface area (Å²) >= 11 is 0. The molecular formula is C16H16F2O3. The molecular weight excluding hydrogens is 278 g/mol. The van der Waals surface area contributed by atoms with E-state index in [9.17, 15) is 13.9 Å². The Balaban J connectivity index is 2.22. The molecule has 0 saturated heterocycles. The lowest BCUT2D eigenvalue weighted by atomic mass is 10.00. The average molecular weight is 294 g/mol. The molecule has 0 amide bonds. The van der Waals surface area contributed by atoms with Gasteiger partial charge in [0.05, 0.1) is 13.2 Å². The van der Waals surface area contributed by atoms with Crippen LogP contribution < -0.4 is 9.47 Å². The van der Waals surface area contributed by atoms with Crippen molar-refractivity contribution in [1.29, 1.82) is 0 Å². The number of aliphatic hydroxyl groups is 1. The standard InChI is InChI=1S/C16H16F2O3/c1-20-14-8-4-2-6-11(14)10-13(19)12-7-3-5-9-15(12)21-16(17)18/h2-9,13,16,19H,10H2,1H3. The molecule has 112 valence electrons. The normalized spacial score (nSPS) is 12.2. The zero-order valence-electron chi connectivity index (χ0n) is 11.5. The molecule has 0 aromatic heterocycles. The molecule has 0 aliphatic rings. The highest BCUT2D eigenvalue weighted by atomic mass is 19.3. The van der Waals surface area contributed by atoms with E-state index >= 15 is 0 Å². The Kier molecular flexibility index (Phi) is 5.11. The lowest BCUT2D eigenvalue weighted by Gasteiger charge is -2.17. The molecule has 0 aliphatic carbocycles. The molecule has 1 unspecified atom stereocenters. The first-order valence-corrected chi connectivity index (χ1v) is 6.45. The summed E-state index contributed by atoms with van der Waals surface area (Å²) in [6, 6.07) is 13.5. The second-order valence-corrected chi connectivity index (χ2v) is 4.45. The van der Waals surface area contributed by atoms with Gasteiger partial charge in [0.2, 0.25) is 0 Å². The van der Waals surface area contributed by atoms with E-state index in [1.807, 2.05) is 18.2 Å². The van der Waals surface area contributed by atoms with Gasteiger partial charge in [-0.1, -0.05) is 36.4 Å². The van der Waals surface area contributed by atoms with Gasteiger partial charge in [-0.25, -0.2) is 0 Å². The van der Waals surface area contributed by atoms with Gasteiger partial charge in [0.25, 0.3) is 0 Å². The predicted molar refractivity (Wildman–Crippen MR) is 74.7 cm³/mol. The summed E-state index contributed by atoms with van der Waals surface area (Å²) in [5, 5.41) is 10.3. The molecule has 1 N–H and O–H groups in total. The molecule has 0 bridgehead atoms. The summed E-state index contributed by atoms with van der Waals surface area (Å²) in [5.74, 6) is 0.624. The van der Waals surface area contributed by atoms with Crippen molar-refractivity contribution in [3.8, 4) is 11.5 Å². The van der Waals surface area contributed by atoms with Crippen molar-refractivity contribution in [2.24, 2.45) is 0 Å². The van der Waals surface area contributed by atoms with Crippen molar-refractivity contribution < 1.29 is 23.4 Å². The first-order chi connectivity index (χ1) is 10.1. The third-order valence-corrected chi connectivity index (χ3v) is 3.10. The number of ether oxygens (including phenoxy) is 2. The SMILES string of the molecule is COc1ccccc1CC(O)c1ccccc1OC(F)F. The van der Waals surface area contributed by atoms with E-state index in [4.69, 9.17) is 4.74 Å². The Hall–Kier alpha value is -2.14. The molecule has 0 heterocycles. The van der Waals surface area contributed by atoms with Crippen molar-refractivity contribution >= 4 is 0 Å². The highest BCUT2D eigenvalue weighted by Gasteiger charge is 2.17. The van der Waals surface area contributed by atoms with Crippen LogP contribution in [0.25, 0.3) is 0 Å². The number of alkyl halides is 2. The van der Waals surface area contributed by atoms with Crippen LogP contribution >= 0.6 is 0 Å². The van der Waals surface area contributed by atoms with E-state index in [0.29, 0.717) is 11.3 Å². The molecule has 2 rings (SSSR count). The number of aliphatic hydroxyl groups excluding tert-OH is 1. The van der Waals surface area contributed by atoms with Crippen LogP contribution in [0.5, 0.6) is 11.5 Å². The van der Waals surface area contributed by atoms with Crippen LogP contribution in [0.2, 0.25) is 0 Å². The number of para-hydroxylation sites is 2. The summed E-state index contributed by atoms with van der Waals surface area (Å²) in [6.45, 7) is -2.93. The van der Waals surface area contributed by atoms with Crippen LogP contribution in [-0.4, -0.2) is 18.8 Å². The minimum absolute atomic E-state index is 0.0186. The average Bonchev–Trinajstić information content (AvgIpc) is 2.47. The number of methoxy groups -OCH3 is 1. The highest BCUT2D eigenvalue weighted by molar-refractivity contribution is 5.39. The van der Waals surface area contributed by atoms with Crippen molar-refractivity contribution in [3.63, 3.8) is 0 Å². The third kappa shape index (κ3) is 3.92. The highest BCUT2D eigenvalue weighted by Crippen LogP contribution is 2.30. The number of benzene rings is 2. The quantitative estimate of drug-likeness (QED) is 0.885. The molecule has 0 radical (unpaired) electrons. The number of halogens is 2. The van der Waals surface area contributed by atoms with Crippen molar-refractivity contribution in [1.82, 2.24) is 0 Å². The fraction of sp³-hybridized carbons (Fsp3) is 0.250. The van der Waals surface area contributed by atoms with Crippen LogP contribution in [0.1, 0.15) is 17.2 Å². The largest absolute Gasteiger partial charge is 0.496 e. The fourth-order valence-corrected chi connectivity index (χ4v) is 2.15. The van der Waals surface area contributed by atoms with Crippen molar-refractivity contribution in [2.45, 2.75) is 19.1 Å². The Bertz CT molecular complexity index is 587. The summed E-state index contributed by atoms with van der Waals surface area (Å²) in [6.07, 6.45) is -0.718. The predicted octanol–water partition coefficient (Wildman–Crippen LogP) is 3.57. The first-order valence-electron chi connectivity index (χ1n) is 6.45. The monoisotopic (exact) mass is 294 g/mol. The van der Waals surface area contributed by atoms with Crippen LogP contribution in [-0.2, 0) is 6.42 Å². The molecule has 0 saturated carbocycles. The topological polar surface area (TPSA) is 38.7 Å². The molecule has 2 aromatic rings. The van der Waals surface area contributed by atoms with Gasteiger partial charge in [0, 0.05) is 12.0 Å². The number of hydrogen-bond acceptors (Lipinski definition) is 3. The minimum Gasteiger partial charge on any atom is -0.496 e. The smallest absolute Gasteiger partial charge is 0.387 e. The second-order valence-electron chi connectivity index (χ2n) is 4.45. The van der Waals surface area contributed by atoms with Crippen LogP contribution in [0.3, 0.4) is 0 Å². The molecule has 0 aliphatic heterocycles. The third-order valence-electron chi connectivity index (χ3n) is 3.10. The molecule has 2 aromatic carbocycles. The van der Waals surface area contributed by atoms with Gasteiger partial charge < -0.3 is 14.6 Å². The summed E-state index contributed by atoms with van der Waals surface area (Å²) in [5.41, 5.74) is 1.11. The summed E-state index contributed by atoms with van der Waals surface area (Å²) < 4.78 is 34.4. The zero-order valence-corrected chi connectivity index (χ0v) is 11.5. The van der Waals surface area contributed by atoms with Crippen LogP contribution in [0, 0.1) is 0 Å².